The zero-order chi connectivity index (χ0) is 22.1. The summed E-state index contributed by atoms with van der Waals surface area (Å²) < 4.78 is 6.16. The topological polar surface area (TPSA) is 58.6 Å². The molecular weight excluding hydrogens is 386 g/mol. The monoisotopic (exact) mass is 415 g/mol. The molecule has 1 fully saturated rings. The highest BCUT2D eigenvalue weighted by atomic mass is 16.5. The van der Waals surface area contributed by atoms with Gasteiger partial charge in [0.15, 0.2) is 0 Å². The summed E-state index contributed by atoms with van der Waals surface area (Å²) in [7, 11) is 0. The van der Waals surface area contributed by atoms with E-state index in [1.54, 1.807) is 12.1 Å². The van der Waals surface area contributed by atoms with Crippen molar-refractivity contribution < 1.29 is 14.6 Å². The van der Waals surface area contributed by atoms with Crippen molar-refractivity contribution in [2.24, 2.45) is 5.92 Å². The maximum absolute atomic E-state index is 12.7. The Morgan fingerprint density at radius 2 is 1.71 bits per heavy atom. The molecule has 0 aromatic heterocycles. The maximum atomic E-state index is 12.7. The first-order valence-corrected chi connectivity index (χ1v) is 10.8. The van der Waals surface area contributed by atoms with Crippen LogP contribution in [0.15, 0.2) is 60.7 Å². The minimum atomic E-state index is 0.0328. The minimum Gasteiger partial charge on any atom is -0.508 e. The van der Waals surface area contributed by atoms with Gasteiger partial charge in [0.1, 0.15) is 17.2 Å². The molecule has 160 valence electrons. The molecule has 2 atom stereocenters. The third-order valence-electron chi connectivity index (χ3n) is 5.92. The van der Waals surface area contributed by atoms with Gasteiger partial charge in [0, 0.05) is 17.2 Å². The van der Waals surface area contributed by atoms with Crippen LogP contribution in [0.2, 0.25) is 0 Å². The quantitative estimate of drug-likeness (QED) is 0.473. The van der Waals surface area contributed by atoms with Crippen LogP contribution in [0.25, 0.3) is 0 Å². The first kappa shape index (κ1) is 21.0. The van der Waals surface area contributed by atoms with Crippen LogP contribution in [0.4, 0.5) is 5.69 Å². The number of benzene rings is 3. The number of aryl methyl sites for hydroxylation is 2. The summed E-state index contributed by atoms with van der Waals surface area (Å²) in [6.07, 6.45) is 0.897. The van der Waals surface area contributed by atoms with Gasteiger partial charge in [0.2, 0.25) is 5.91 Å². The molecule has 3 aromatic carbocycles. The number of nitrogens with one attached hydrogen (secondary N) is 1. The van der Waals surface area contributed by atoms with Crippen LogP contribution < -0.4 is 10.1 Å². The molecule has 4 rings (SSSR count). The van der Waals surface area contributed by atoms with Crippen LogP contribution in [0.1, 0.15) is 54.4 Å². The molecule has 31 heavy (non-hydrogen) atoms. The van der Waals surface area contributed by atoms with Crippen molar-refractivity contribution in [3.63, 3.8) is 0 Å². The molecule has 0 heterocycles. The van der Waals surface area contributed by atoms with Crippen molar-refractivity contribution >= 4 is 11.6 Å². The molecule has 0 radical (unpaired) electrons. The van der Waals surface area contributed by atoms with E-state index in [4.69, 9.17) is 4.74 Å². The molecule has 1 aliphatic rings. The third kappa shape index (κ3) is 4.58. The lowest BCUT2D eigenvalue weighted by molar-refractivity contribution is -0.117. The number of ether oxygens (including phenoxy) is 1. The zero-order valence-corrected chi connectivity index (χ0v) is 18.5. The number of carbonyl (C=O) groups excluding carboxylic acids is 1. The lowest BCUT2D eigenvalue weighted by atomic mass is 10.0. The van der Waals surface area contributed by atoms with Gasteiger partial charge in [-0.15, -0.1) is 0 Å². The van der Waals surface area contributed by atoms with Gasteiger partial charge < -0.3 is 15.2 Å². The van der Waals surface area contributed by atoms with Crippen molar-refractivity contribution in [1.82, 2.24) is 0 Å². The Hall–Kier alpha value is -3.27. The van der Waals surface area contributed by atoms with Crippen molar-refractivity contribution in [2.45, 2.75) is 46.0 Å². The molecule has 0 saturated heterocycles. The Kier molecular flexibility index (Phi) is 5.73. The number of carbonyl (C=O) groups is 1. The summed E-state index contributed by atoms with van der Waals surface area (Å²) in [5.74, 6) is 2.36. The normalized spacial score (nSPS) is 17.5. The summed E-state index contributed by atoms with van der Waals surface area (Å²) in [4.78, 5) is 12.7. The van der Waals surface area contributed by atoms with Crippen LogP contribution in [0.3, 0.4) is 0 Å². The van der Waals surface area contributed by atoms with E-state index in [1.165, 1.54) is 5.56 Å². The number of anilines is 1. The highest BCUT2D eigenvalue weighted by Gasteiger charge is 2.43. The van der Waals surface area contributed by atoms with Gasteiger partial charge in [-0.2, -0.15) is 0 Å². The fourth-order valence-electron chi connectivity index (χ4n) is 4.15. The number of aromatic hydroxyl groups is 1. The van der Waals surface area contributed by atoms with Gasteiger partial charge >= 0.3 is 0 Å². The average Bonchev–Trinajstić information content (AvgIpc) is 3.53. The molecule has 1 amide bonds. The molecule has 2 N–H and O–H groups in total. The van der Waals surface area contributed by atoms with Crippen molar-refractivity contribution in [1.29, 1.82) is 0 Å². The van der Waals surface area contributed by atoms with E-state index in [9.17, 15) is 9.90 Å². The third-order valence-corrected chi connectivity index (χ3v) is 5.92. The predicted octanol–water partition coefficient (Wildman–Crippen LogP) is 6.67. The Balaban J connectivity index is 1.47. The molecular formula is C27H29NO3. The highest BCUT2D eigenvalue weighted by molar-refractivity contribution is 5.95. The smallest absolute Gasteiger partial charge is 0.228 e. The number of hydrogen-bond donors (Lipinski definition) is 2. The Morgan fingerprint density at radius 1 is 1.03 bits per heavy atom. The second kappa shape index (κ2) is 8.46. The molecule has 1 aliphatic carbocycles. The summed E-state index contributed by atoms with van der Waals surface area (Å²) in [5, 5.41) is 13.1. The van der Waals surface area contributed by atoms with Crippen LogP contribution >= 0.6 is 0 Å². The van der Waals surface area contributed by atoms with Gasteiger partial charge in [-0.05, 0) is 79.1 Å². The molecule has 4 nitrogen and oxygen atoms in total. The molecule has 1 saturated carbocycles. The van der Waals surface area contributed by atoms with Crippen LogP contribution in [0.5, 0.6) is 17.2 Å². The van der Waals surface area contributed by atoms with Gasteiger partial charge in [-0.3, -0.25) is 4.79 Å². The molecule has 0 bridgehead atoms. The van der Waals surface area contributed by atoms with E-state index in [-0.39, 0.29) is 23.5 Å². The van der Waals surface area contributed by atoms with Crippen LogP contribution in [0, 0.1) is 19.8 Å². The van der Waals surface area contributed by atoms with E-state index in [2.05, 4.69) is 17.4 Å². The van der Waals surface area contributed by atoms with Crippen molar-refractivity contribution in [3.8, 4) is 17.2 Å². The Labute approximate surface area is 183 Å². The number of hydrogen-bond acceptors (Lipinski definition) is 3. The van der Waals surface area contributed by atoms with Gasteiger partial charge in [-0.25, -0.2) is 0 Å². The van der Waals surface area contributed by atoms with E-state index in [1.807, 2.05) is 64.1 Å². The molecule has 3 aromatic rings. The number of rotatable bonds is 6. The van der Waals surface area contributed by atoms with Crippen molar-refractivity contribution in [2.75, 3.05) is 5.32 Å². The molecule has 2 unspecified atom stereocenters. The van der Waals surface area contributed by atoms with E-state index in [0.29, 0.717) is 11.7 Å². The van der Waals surface area contributed by atoms with Gasteiger partial charge in [0.25, 0.3) is 0 Å². The van der Waals surface area contributed by atoms with Crippen LogP contribution in [-0.2, 0) is 4.79 Å². The van der Waals surface area contributed by atoms with E-state index < -0.39 is 0 Å². The van der Waals surface area contributed by atoms with E-state index in [0.717, 1.165) is 34.5 Å². The number of phenolic OH excluding ortho intramolecular Hbond substituents is 1. The molecule has 0 spiro atoms. The summed E-state index contributed by atoms with van der Waals surface area (Å²) in [5.41, 5.74) is 4.77. The minimum absolute atomic E-state index is 0.0328. The lowest BCUT2D eigenvalue weighted by Gasteiger charge is -2.16. The second-order valence-corrected chi connectivity index (χ2v) is 8.77. The standard InChI is InChI=1S/C27H29NO3/c1-16(2)22-14-21(10-11-25(22)29)31-26-17(3)12-20(13-18(26)4)28-27(30)24-15-23(24)19-8-6-5-7-9-19/h5-14,16,23-24,29H,15H2,1-4H3,(H,28,30). The summed E-state index contributed by atoms with van der Waals surface area (Å²) in [6, 6.07) is 19.4. The lowest BCUT2D eigenvalue weighted by Crippen LogP contribution is -2.15. The molecule has 0 aliphatic heterocycles. The Morgan fingerprint density at radius 3 is 2.35 bits per heavy atom. The largest absolute Gasteiger partial charge is 0.508 e. The second-order valence-electron chi connectivity index (χ2n) is 8.77. The van der Waals surface area contributed by atoms with Crippen molar-refractivity contribution in [3.05, 3.63) is 82.9 Å². The fourth-order valence-corrected chi connectivity index (χ4v) is 4.15. The predicted molar refractivity (Wildman–Crippen MR) is 124 cm³/mol. The average molecular weight is 416 g/mol. The number of phenols is 1. The zero-order valence-electron chi connectivity index (χ0n) is 18.5. The highest BCUT2D eigenvalue weighted by Crippen LogP contribution is 2.48. The fraction of sp³-hybridized carbons (Fsp3) is 0.296. The Bertz CT molecular complexity index is 1080. The number of amides is 1. The van der Waals surface area contributed by atoms with Gasteiger partial charge in [0.05, 0.1) is 0 Å². The maximum Gasteiger partial charge on any atom is 0.228 e. The molecule has 4 heteroatoms. The summed E-state index contributed by atoms with van der Waals surface area (Å²) in [6.45, 7) is 8.03. The van der Waals surface area contributed by atoms with Gasteiger partial charge in [-0.1, -0.05) is 44.2 Å². The SMILES string of the molecule is Cc1cc(NC(=O)C2CC2c2ccccc2)cc(C)c1Oc1ccc(O)c(C(C)C)c1. The first-order chi connectivity index (χ1) is 14.8. The first-order valence-electron chi connectivity index (χ1n) is 10.8. The summed E-state index contributed by atoms with van der Waals surface area (Å²) >= 11 is 0. The van der Waals surface area contributed by atoms with Crippen LogP contribution in [-0.4, -0.2) is 11.0 Å². The van der Waals surface area contributed by atoms with E-state index >= 15 is 0 Å².